The predicted molar refractivity (Wildman–Crippen MR) is 195 cm³/mol. The van der Waals surface area contributed by atoms with Crippen LogP contribution in [0.3, 0.4) is 0 Å². The predicted octanol–water partition coefficient (Wildman–Crippen LogP) is 3.21. The van der Waals surface area contributed by atoms with Crippen LogP contribution in [0.1, 0.15) is 67.0 Å². The second kappa shape index (κ2) is 17.6. The van der Waals surface area contributed by atoms with E-state index in [0.29, 0.717) is 56.3 Å². The zero-order valence-corrected chi connectivity index (χ0v) is 30.9. The number of carbonyl (C=O) groups is 2. The minimum Gasteiger partial charge on any atom is -0.458 e. The standard InChI is InChI=1S/C39H49FN2O10S/c1-24(44)51-32(27-13-15-29(40)16-14-27)21-19-31-35(42(39(31)48)30-17-8-25(9-18-30)5-4-22-41(2)53(3,49)50)28-11-6-26(7-12-28)10-20-33-36(45)38(47)37(46)34(23-43)52-33/h6-9,11-18,31-38,43,45-47H,4-5,10,19-23H2,1-3H3/t31?,32-,33?,34+,35+,36-,37+,38+/m0/s1. The minimum absolute atomic E-state index is 0.0927. The molecule has 0 spiro atoms. The number of rotatable bonds is 16. The van der Waals surface area contributed by atoms with Crippen LogP contribution in [0.25, 0.3) is 0 Å². The van der Waals surface area contributed by atoms with Gasteiger partial charge in [-0.2, -0.15) is 0 Å². The van der Waals surface area contributed by atoms with Gasteiger partial charge in [-0.3, -0.25) is 9.59 Å². The lowest BCUT2D eigenvalue weighted by Gasteiger charge is -2.48. The van der Waals surface area contributed by atoms with Crippen LogP contribution < -0.4 is 4.90 Å². The second-order valence-corrected chi connectivity index (χ2v) is 16.1. The van der Waals surface area contributed by atoms with Gasteiger partial charge >= 0.3 is 5.97 Å². The molecule has 2 saturated heterocycles. The third-order valence-corrected chi connectivity index (χ3v) is 11.6. The fourth-order valence-electron chi connectivity index (χ4n) is 7.10. The van der Waals surface area contributed by atoms with Gasteiger partial charge in [-0.15, -0.1) is 0 Å². The monoisotopic (exact) mass is 756 g/mol. The number of nitrogens with zero attached hydrogens (tertiary/aromatic N) is 2. The van der Waals surface area contributed by atoms with Crippen LogP contribution in [0.5, 0.6) is 0 Å². The Morgan fingerprint density at radius 3 is 2.11 bits per heavy atom. The lowest BCUT2D eigenvalue weighted by Crippen LogP contribution is -2.58. The smallest absolute Gasteiger partial charge is 0.303 e. The summed E-state index contributed by atoms with van der Waals surface area (Å²) in [6.07, 6.45) is -2.60. The normalized spacial score (nSPS) is 25.3. The molecule has 0 aliphatic carbocycles. The van der Waals surface area contributed by atoms with Crippen molar-refractivity contribution in [2.75, 3.05) is 31.4 Å². The number of sulfonamides is 1. The van der Waals surface area contributed by atoms with E-state index in [4.69, 9.17) is 9.47 Å². The van der Waals surface area contributed by atoms with E-state index in [0.717, 1.165) is 16.7 Å². The Bertz CT molecular complexity index is 1790. The molecule has 2 fully saturated rings. The van der Waals surface area contributed by atoms with E-state index in [9.17, 15) is 42.8 Å². The van der Waals surface area contributed by atoms with Crippen molar-refractivity contribution >= 4 is 27.6 Å². The van der Waals surface area contributed by atoms with Crippen molar-refractivity contribution in [3.8, 4) is 0 Å². The highest BCUT2D eigenvalue weighted by Crippen LogP contribution is 2.46. The lowest BCUT2D eigenvalue weighted by molar-refractivity contribution is -0.230. The number of aliphatic hydroxyl groups is 4. The van der Waals surface area contributed by atoms with Crippen molar-refractivity contribution in [1.29, 1.82) is 0 Å². The Hall–Kier alpha value is -3.76. The highest BCUT2D eigenvalue weighted by Gasteiger charge is 2.49. The molecule has 0 bridgehead atoms. The molecule has 14 heteroatoms. The Balaban J connectivity index is 1.32. The van der Waals surface area contributed by atoms with Gasteiger partial charge in [0.05, 0.1) is 30.9 Å². The molecule has 3 aromatic rings. The number of aliphatic hydroxyl groups excluding tert-OH is 4. The van der Waals surface area contributed by atoms with Crippen molar-refractivity contribution in [2.24, 2.45) is 5.92 Å². The van der Waals surface area contributed by atoms with E-state index in [-0.39, 0.29) is 11.9 Å². The molecule has 3 aromatic carbocycles. The highest BCUT2D eigenvalue weighted by molar-refractivity contribution is 7.88. The Labute approximate surface area is 309 Å². The average molecular weight is 757 g/mol. The number of carbonyl (C=O) groups excluding carboxylic acids is 2. The van der Waals surface area contributed by atoms with E-state index < -0.39 is 71.0 Å². The van der Waals surface area contributed by atoms with Crippen LogP contribution in [0.2, 0.25) is 0 Å². The summed E-state index contributed by atoms with van der Waals surface area (Å²) in [4.78, 5) is 27.6. The van der Waals surface area contributed by atoms with Gasteiger partial charge in [0.1, 0.15) is 36.3 Å². The number of halogens is 1. The molecule has 8 atom stereocenters. The largest absolute Gasteiger partial charge is 0.458 e. The van der Waals surface area contributed by atoms with Gasteiger partial charge in [0.25, 0.3) is 0 Å². The summed E-state index contributed by atoms with van der Waals surface area (Å²) in [6, 6.07) is 20.8. The Kier molecular flexibility index (Phi) is 13.4. The number of esters is 1. The van der Waals surface area contributed by atoms with Crippen molar-refractivity contribution < 1.29 is 52.3 Å². The molecule has 4 N–H and O–H groups in total. The number of amides is 1. The lowest BCUT2D eigenvalue weighted by atomic mass is 9.78. The molecule has 2 aliphatic heterocycles. The topological polar surface area (TPSA) is 174 Å². The van der Waals surface area contributed by atoms with Gasteiger partial charge in [0.2, 0.25) is 15.9 Å². The molecule has 5 rings (SSSR count). The third kappa shape index (κ3) is 9.87. The summed E-state index contributed by atoms with van der Waals surface area (Å²) in [6.45, 7) is 1.20. The first-order chi connectivity index (χ1) is 25.2. The maximum Gasteiger partial charge on any atom is 0.303 e. The fourth-order valence-corrected chi connectivity index (χ4v) is 7.56. The first-order valence-corrected chi connectivity index (χ1v) is 19.7. The fraction of sp³-hybridized carbons (Fsp3) is 0.487. The number of anilines is 1. The average Bonchev–Trinajstić information content (AvgIpc) is 3.12. The number of hydrogen-bond acceptors (Lipinski definition) is 10. The summed E-state index contributed by atoms with van der Waals surface area (Å²) in [5.74, 6) is -1.44. The minimum atomic E-state index is -3.26. The van der Waals surface area contributed by atoms with Crippen molar-refractivity contribution in [1.82, 2.24) is 4.31 Å². The molecule has 0 radical (unpaired) electrons. The number of β-lactam (4-membered cyclic amide) rings is 1. The summed E-state index contributed by atoms with van der Waals surface area (Å²) >= 11 is 0. The summed E-state index contributed by atoms with van der Waals surface area (Å²) < 4.78 is 49.7. The Morgan fingerprint density at radius 2 is 1.51 bits per heavy atom. The summed E-state index contributed by atoms with van der Waals surface area (Å²) in [5.41, 5.74) is 4.13. The molecule has 2 aliphatic rings. The van der Waals surface area contributed by atoms with Gasteiger partial charge in [0, 0.05) is 26.2 Å². The maximum atomic E-state index is 13.9. The van der Waals surface area contributed by atoms with Gasteiger partial charge in [-0.05, 0) is 85.0 Å². The van der Waals surface area contributed by atoms with E-state index in [2.05, 4.69) is 0 Å². The van der Waals surface area contributed by atoms with Gasteiger partial charge < -0.3 is 34.8 Å². The van der Waals surface area contributed by atoms with E-state index in [1.165, 1.54) is 29.6 Å². The quantitative estimate of drug-likeness (QED) is 0.126. The molecule has 2 unspecified atom stereocenters. The SMILES string of the molecule is CC(=O)O[C@@H](CCC1C(=O)N(c2ccc(CCCN(C)S(C)(=O)=O)cc2)[C@@H]1c1ccc(CCC2O[C@H](CO)[C@@H](O)[C@H](O)[C@H]2O)cc1)c1ccc(F)cc1. The van der Waals surface area contributed by atoms with E-state index in [1.807, 2.05) is 48.5 Å². The van der Waals surface area contributed by atoms with Crippen LogP contribution in [0.15, 0.2) is 72.8 Å². The van der Waals surface area contributed by atoms with Crippen molar-refractivity contribution in [2.45, 2.75) is 88.1 Å². The van der Waals surface area contributed by atoms with E-state index in [1.54, 1.807) is 24.1 Å². The first kappa shape index (κ1) is 40.4. The van der Waals surface area contributed by atoms with Crippen LogP contribution in [-0.4, -0.2) is 102 Å². The molecule has 0 saturated carbocycles. The van der Waals surface area contributed by atoms with Gasteiger partial charge in [-0.1, -0.05) is 48.5 Å². The van der Waals surface area contributed by atoms with Crippen LogP contribution in [-0.2, 0) is 41.9 Å². The number of aryl methyl sites for hydroxylation is 2. The van der Waals surface area contributed by atoms with E-state index >= 15 is 0 Å². The van der Waals surface area contributed by atoms with Gasteiger partial charge in [0.15, 0.2) is 0 Å². The molecule has 0 aromatic heterocycles. The molecule has 12 nitrogen and oxygen atoms in total. The van der Waals surface area contributed by atoms with Crippen LogP contribution >= 0.6 is 0 Å². The molecular weight excluding hydrogens is 707 g/mol. The van der Waals surface area contributed by atoms with Crippen molar-refractivity contribution in [3.05, 3.63) is 101 Å². The first-order valence-electron chi connectivity index (χ1n) is 17.8. The number of benzene rings is 3. The summed E-state index contributed by atoms with van der Waals surface area (Å²) in [5, 5.41) is 40.3. The van der Waals surface area contributed by atoms with Gasteiger partial charge in [-0.25, -0.2) is 17.1 Å². The zero-order valence-electron chi connectivity index (χ0n) is 30.1. The molecule has 1 amide bonds. The second-order valence-electron chi connectivity index (χ2n) is 14.0. The van der Waals surface area contributed by atoms with Crippen LogP contribution in [0, 0.1) is 11.7 Å². The zero-order chi connectivity index (χ0) is 38.4. The molecule has 2 heterocycles. The van der Waals surface area contributed by atoms with Crippen LogP contribution in [0.4, 0.5) is 10.1 Å². The Morgan fingerprint density at radius 1 is 0.906 bits per heavy atom. The van der Waals surface area contributed by atoms with Crippen molar-refractivity contribution in [3.63, 3.8) is 0 Å². The highest BCUT2D eigenvalue weighted by atomic mass is 32.2. The molecule has 53 heavy (non-hydrogen) atoms. The maximum absolute atomic E-state index is 13.9. The number of hydrogen-bond donors (Lipinski definition) is 4. The summed E-state index contributed by atoms with van der Waals surface area (Å²) in [7, 11) is -1.71. The molecular formula is C39H49FN2O10S. The number of ether oxygens (including phenoxy) is 2. The molecule has 288 valence electrons. The third-order valence-electron chi connectivity index (χ3n) is 10.3.